The van der Waals surface area contributed by atoms with Gasteiger partial charge in [0.15, 0.2) is 5.84 Å². The first-order valence-corrected chi connectivity index (χ1v) is 13.4. The van der Waals surface area contributed by atoms with E-state index in [0.29, 0.717) is 44.1 Å². The van der Waals surface area contributed by atoms with Gasteiger partial charge in [-0.1, -0.05) is 24.3 Å². The number of amides is 1. The highest BCUT2D eigenvalue weighted by molar-refractivity contribution is 7.90. The number of rotatable bonds is 6. The molecule has 0 bridgehead atoms. The third-order valence-electron chi connectivity index (χ3n) is 6.90. The number of carbonyl (C=O) groups excluding carboxylic acids is 1. The molecule has 2 aromatic carbocycles. The van der Waals surface area contributed by atoms with E-state index in [2.05, 4.69) is 14.6 Å². The molecule has 2 saturated heterocycles. The van der Waals surface area contributed by atoms with Crippen LogP contribution < -0.4 is 10.1 Å². The number of nitrogens with one attached hydrogen (secondary N) is 1. The molecule has 0 spiro atoms. The maximum Gasteiger partial charge on any atom is 0.285 e. The molecule has 3 aliphatic heterocycles. The number of likely N-dealkylation sites (tertiary alicyclic amines) is 1. The summed E-state index contributed by atoms with van der Waals surface area (Å²) in [6, 6.07) is 14.3. The van der Waals surface area contributed by atoms with Gasteiger partial charge in [-0.25, -0.2) is 0 Å². The second kappa shape index (κ2) is 9.96. The third kappa shape index (κ3) is 4.78. The zero-order chi connectivity index (χ0) is 24.4. The topological polar surface area (TPSA) is 101 Å². The van der Waals surface area contributed by atoms with E-state index in [4.69, 9.17) is 9.47 Å². The van der Waals surface area contributed by atoms with Crippen LogP contribution in [0.1, 0.15) is 30.0 Å². The molecule has 10 heteroatoms. The lowest BCUT2D eigenvalue weighted by molar-refractivity contribution is -0.124. The van der Waals surface area contributed by atoms with Crippen LogP contribution in [0.5, 0.6) is 5.75 Å². The SMILES string of the molecule is COc1ccc([C@H](CNC(=O)[C@@H]2CCCN2C2=NS(=O)(=O)c3ccccc32)N2CCOCC2)cc1. The van der Waals surface area contributed by atoms with Gasteiger partial charge in [0.2, 0.25) is 5.91 Å². The number of sulfonamides is 1. The minimum absolute atomic E-state index is 0.00599. The Bertz CT molecular complexity index is 1210. The smallest absolute Gasteiger partial charge is 0.285 e. The molecule has 0 unspecified atom stereocenters. The van der Waals surface area contributed by atoms with E-state index in [1.807, 2.05) is 29.2 Å². The fourth-order valence-electron chi connectivity index (χ4n) is 5.08. The predicted octanol–water partition coefficient (Wildman–Crippen LogP) is 1.80. The average Bonchev–Trinajstić information content (AvgIpc) is 3.48. The van der Waals surface area contributed by atoms with Crippen molar-refractivity contribution in [3.63, 3.8) is 0 Å². The number of morpholine rings is 1. The van der Waals surface area contributed by atoms with Gasteiger partial charge >= 0.3 is 0 Å². The lowest BCUT2D eigenvalue weighted by Crippen LogP contribution is -2.49. The van der Waals surface area contributed by atoms with Crippen LogP contribution >= 0.6 is 0 Å². The van der Waals surface area contributed by atoms with Crippen LogP contribution in [0.2, 0.25) is 0 Å². The zero-order valence-corrected chi connectivity index (χ0v) is 20.5. The summed E-state index contributed by atoms with van der Waals surface area (Å²) in [6.45, 7) is 3.92. The third-order valence-corrected chi connectivity index (χ3v) is 8.22. The molecule has 2 aromatic rings. The van der Waals surface area contributed by atoms with Gasteiger partial charge in [0.25, 0.3) is 10.0 Å². The number of carbonyl (C=O) groups is 1. The predicted molar refractivity (Wildman–Crippen MR) is 131 cm³/mol. The Hall–Kier alpha value is -2.95. The van der Waals surface area contributed by atoms with Gasteiger partial charge in [0.1, 0.15) is 16.7 Å². The van der Waals surface area contributed by atoms with Crippen molar-refractivity contribution in [2.24, 2.45) is 4.40 Å². The quantitative estimate of drug-likeness (QED) is 0.648. The van der Waals surface area contributed by atoms with Gasteiger partial charge in [0, 0.05) is 31.7 Å². The van der Waals surface area contributed by atoms with E-state index in [1.54, 1.807) is 31.4 Å². The van der Waals surface area contributed by atoms with Gasteiger partial charge in [-0.3, -0.25) is 9.69 Å². The van der Waals surface area contributed by atoms with Crippen molar-refractivity contribution in [2.75, 3.05) is 46.5 Å². The number of amidine groups is 1. The summed E-state index contributed by atoms with van der Waals surface area (Å²) in [6.07, 6.45) is 1.45. The normalized spacial score (nSPS) is 22.4. The van der Waals surface area contributed by atoms with Crippen LogP contribution in [0.15, 0.2) is 57.8 Å². The molecular weight excluding hydrogens is 468 g/mol. The highest BCUT2D eigenvalue weighted by Crippen LogP contribution is 2.31. The number of ether oxygens (including phenoxy) is 2. The van der Waals surface area contributed by atoms with Gasteiger partial charge in [-0.05, 0) is 42.7 Å². The average molecular weight is 499 g/mol. The number of nitrogens with zero attached hydrogens (tertiary/aromatic N) is 3. The lowest BCUT2D eigenvalue weighted by Gasteiger charge is -2.35. The summed E-state index contributed by atoms with van der Waals surface area (Å²) < 4.78 is 40.0. The first-order chi connectivity index (χ1) is 17.0. The Balaban J connectivity index is 1.33. The van der Waals surface area contributed by atoms with E-state index in [1.165, 1.54) is 0 Å². The maximum absolute atomic E-state index is 13.4. The fourth-order valence-corrected chi connectivity index (χ4v) is 6.29. The van der Waals surface area contributed by atoms with Crippen LogP contribution in [0, 0.1) is 0 Å². The number of methoxy groups -OCH3 is 1. The summed E-state index contributed by atoms with van der Waals surface area (Å²) in [5.74, 6) is 1.05. The highest BCUT2D eigenvalue weighted by Gasteiger charge is 2.39. The Morgan fingerprint density at radius 3 is 2.63 bits per heavy atom. The molecule has 9 nitrogen and oxygen atoms in total. The van der Waals surface area contributed by atoms with Crippen molar-refractivity contribution >= 4 is 21.8 Å². The molecule has 2 fully saturated rings. The Morgan fingerprint density at radius 2 is 1.89 bits per heavy atom. The molecule has 35 heavy (non-hydrogen) atoms. The Labute approximate surface area is 205 Å². The Morgan fingerprint density at radius 1 is 1.14 bits per heavy atom. The standard InChI is InChI=1S/C25H30N4O5S/c1-33-19-10-8-18(9-11-19)22(28-13-15-34-16-14-28)17-26-25(30)21-6-4-12-29(21)24-20-5-2-3-7-23(20)35(31,32)27-24/h2-3,5,7-11,21-22H,4,6,12-17H2,1H3,(H,26,30)/t21-,22-/m0/s1. The summed E-state index contributed by atoms with van der Waals surface area (Å²) in [4.78, 5) is 17.8. The lowest BCUT2D eigenvalue weighted by atomic mass is 10.0. The molecule has 0 aromatic heterocycles. The van der Waals surface area contributed by atoms with Crippen molar-refractivity contribution in [3.8, 4) is 5.75 Å². The summed E-state index contributed by atoms with van der Waals surface area (Å²) in [7, 11) is -2.10. The van der Waals surface area contributed by atoms with Crippen molar-refractivity contribution in [1.82, 2.24) is 15.1 Å². The molecular formula is C25H30N4O5S. The van der Waals surface area contributed by atoms with Gasteiger partial charge in [-0.15, -0.1) is 4.40 Å². The molecule has 3 aliphatic rings. The van der Waals surface area contributed by atoms with Crippen LogP contribution in [0.3, 0.4) is 0 Å². The van der Waals surface area contributed by atoms with Crippen molar-refractivity contribution in [3.05, 3.63) is 59.7 Å². The first kappa shape index (κ1) is 23.8. The molecule has 5 rings (SSSR count). The van der Waals surface area contributed by atoms with Crippen LogP contribution in [0.25, 0.3) is 0 Å². The largest absolute Gasteiger partial charge is 0.497 e. The first-order valence-electron chi connectivity index (χ1n) is 11.9. The Kier molecular flexibility index (Phi) is 6.77. The summed E-state index contributed by atoms with van der Waals surface area (Å²) in [5.41, 5.74) is 1.66. The van der Waals surface area contributed by atoms with Gasteiger partial charge < -0.3 is 19.7 Å². The van der Waals surface area contributed by atoms with Crippen molar-refractivity contribution < 1.29 is 22.7 Å². The van der Waals surface area contributed by atoms with Gasteiger partial charge in [-0.2, -0.15) is 8.42 Å². The van der Waals surface area contributed by atoms with Crippen molar-refractivity contribution in [1.29, 1.82) is 0 Å². The zero-order valence-electron chi connectivity index (χ0n) is 19.7. The number of hydrogen-bond donors (Lipinski definition) is 1. The van der Waals surface area contributed by atoms with Crippen molar-refractivity contribution in [2.45, 2.75) is 29.8 Å². The number of benzene rings is 2. The highest BCUT2D eigenvalue weighted by atomic mass is 32.2. The minimum atomic E-state index is -3.74. The number of fused-ring (bicyclic) bond motifs is 1. The maximum atomic E-state index is 13.4. The molecule has 186 valence electrons. The van der Waals surface area contributed by atoms with Crippen LogP contribution in [0.4, 0.5) is 0 Å². The fraction of sp³-hybridized carbons (Fsp3) is 0.440. The van der Waals surface area contributed by atoms with E-state index < -0.39 is 16.1 Å². The monoisotopic (exact) mass is 498 g/mol. The summed E-state index contributed by atoms with van der Waals surface area (Å²) in [5, 5.41) is 3.15. The van der Waals surface area contributed by atoms with Crippen LogP contribution in [-0.2, 0) is 19.6 Å². The molecule has 1 N–H and O–H groups in total. The van der Waals surface area contributed by atoms with Gasteiger partial charge in [0.05, 0.1) is 26.4 Å². The van der Waals surface area contributed by atoms with Crippen LogP contribution in [-0.4, -0.2) is 82.5 Å². The summed E-state index contributed by atoms with van der Waals surface area (Å²) >= 11 is 0. The molecule has 0 radical (unpaired) electrons. The number of hydrogen-bond acceptors (Lipinski definition) is 7. The molecule has 1 amide bonds. The molecule has 0 saturated carbocycles. The molecule has 0 aliphatic carbocycles. The second-order valence-corrected chi connectivity index (χ2v) is 10.5. The molecule has 2 atom stereocenters. The van der Waals surface area contributed by atoms with E-state index >= 15 is 0 Å². The van der Waals surface area contributed by atoms with E-state index in [-0.39, 0.29) is 16.8 Å². The minimum Gasteiger partial charge on any atom is -0.497 e. The van der Waals surface area contributed by atoms with E-state index in [0.717, 1.165) is 30.8 Å². The van der Waals surface area contributed by atoms with E-state index in [9.17, 15) is 13.2 Å². The molecule has 3 heterocycles. The second-order valence-electron chi connectivity index (χ2n) is 8.92.